The SMILES string of the molecule is C#CCOc1ccc2ccccc2c1/C=C(\Sc1n[nH]c(-c2cc(Cl)ccc2OC)n1)C(=O)O. The zero-order valence-electron chi connectivity index (χ0n) is 17.9. The number of ether oxygens (including phenoxy) is 2. The van der Waals surface area contributed by atoms with Gasteiger partial charge in [-0.25, -0.2) is 9.78 Å². The van der Waals surface area contributed by atoms with Crippen molar-refractivity contribution in [1.29, 1.82) is 0 Å². The average molecular weight is 492 g/mol. The predicted octanol–water partition coefficient (Wildman–Crippen LogP) is 5.52. The molecule has 4 rings (SSSR count). The molecule has 0 spiro atoms. The number of aliphatic carboxylic acids is 1. The second kappa shape index (κ2) is 10.3. The van der Waals surface area contributed by atoms with Gasteiger partial charge in [-0.1, -0.05) is 47.9 Å². The summed E-state index contributed by atoms with van der Waals surface area (Å²) in [7, 11) is 1.54. The van der Waals surface area contributed by atoms with E-state index in [2.05, 4.69) is 21.1 Å². The van der Waals surface area contributed by atoms with Crippen molar-refractivity contribution < 1.29 is 19.4 Å². The quantitative estimate of drug-likeness (QED) is 0.190. The third-order valence-electron chi connectivity index (χ3n) is 4.81. The maximum Gasteiger partial charge on any atom is 0.342 e. The second-order valence-electron chi connectivity index (χ2n) is 6.92. The molecule has 7 nitrogen and oxygen atoms in total. The number of nitrogens with zero attached hydrogens (tertiary/aromatic N) is 2. The summed E-state index contributed by atoms with van der Waals surface area (Å²) in [6, 6.07) is 16.4. The Morgan fingerprint density at radius 2 is 2.03 bits per heavy atom. The van der Waals surface area contributed by atoms with Gasteiger partial charge in [-0.05, 0) is 52.9 Å². The van der Waals surface area contributed by atoms with Crippen LogP contribution in [0.25, 0.3) is 28.2 Å². The van der Waals surface area contributed by atoms with Crippen LogP contribution in [0.5, 0.6) is 11.5 Å². The van der Waals surface area contributed by atoms with Crippen molar-refractivity contribution in [3.63, 3.8) is 0 Å². The summed E-state index contributed by atoms with van der Waals surface area (Å²) < 4.78 is 11.0. The average Bonchev–Trinajstić information content (AvgIpc) is 3.31. The van der Waals surface area contributed by atoms with Crippen LogP contribution in [-0.4, -0.2) is 40.0 Å². The van der Waals surface area contributed by atoms with Gasteiger partial charge in [0.15, 0.2) is 5.82 Å². The third-order valence-corrected chi connectivity index (χ3v) is 5.92. The minimum atomic E-state index is -1.13. The Kier molecular flexibility index (Phi) is 7.07. The number of nitrogens with one attached hydrogen (secondary N) is 1. The number of carboxylic acid groups (broad SMARTS) is 1. The summed E-state index contributed by atoms with van der Waals surface area (Å²) in [4.78, 5) is 16.6. The van der Waals surface area contributed by atoms with E-state index in [0.717, 1.165) is 22.5 Å². The lowest BCUT2D eigenvalue weighted by Gasteiger charge is -2.11. The van der Waals surface area contributed by atoms with E-state index < -0.39 is 5.97 Å². The summed E-state index contributed by atoms with van der Waals surface area (Å²) in [6.45, 7) is 0.0560. The highest BCUT2D eigenvalue weighted by atomic mass is 35.5. The van der Waals surface area contributed by atoms with Crippen LogP contribution in [0.3, 0.4) is 0 Å². The molecule has 0 radical (unpaired) electrons. The lowest BCUT2D eigenvalue weighted by molar-refractivity contribution is -0.131. The molecule has 0 saturated heterocycles. The summed E-state index contributed by atoms with van der Waals surface area (Å²) >= 11 is 7.02. The number of aromatic amines is 1. The lowest BCUT2D eigenvalue weighted by Crippen LogP contribution is -2.00. The Balaban J connectivity index is 1.73. The van der Waals surface area contributed by atoms with Gasteiger partial charge in [0.1, 0.15) is 23.0 Å². The zero-order valence-corrected chi connectivity index (χ0v) is 19.5. The van der Waals surface area contributed by atoms with Gasteiger partial charge in [0.25, 0.3) is 0 Å². The summed E-state index contributed by atoms with van der Waals surface area (Å²) in [6.07, 6.45) is 6.88. The standard InChI is InChI=1S/C25H18ClN3O4S/c1-3-12-33-21-10-8-15-6-4-5-7-17(15)18(21)14-22(24(30)31)34-25-27-23(28-29-25)19-13-16(26)9-11-20(19)32-2/h1,4-11,13-14H,12H2,2H3,(H,30,31)(H,27,28,29)/b22-14-. The largest absolute Gasteiger partial charge is 0.496 e. The summed E-state index contributed by atoms with van der Waals surface area (Å²) in [5.74, 6) is 2.73. The molecular weight excluding hydrogens is 474 g/mol. The van der Waals surface area contributed by atoms with Crippen LogP contribution in [0.15, 0.2) is 64.7 Å². The molecule has 0 aliphatic heterocycles. The van der Waals surface area contributed by atoms with E-state index >= 15 is 0 Å². The van der Waals surface area contributed by atoms with Gasteiger partial charge in [0.05, 0.1) is 12.7 Å². The van der Waals surface area contributed by atoms with Crippen molar-refractivity contribution >= 4 is 46.2 Å². The highest BCUT2D eigenvalue weighted by Gasteiger charge is 2.18. The van der Waals surface area contributed by atoms with Gasteiger partial charge in [0.2, 0.25) is 5.16 Å². The van der Waals surface area contributed by atoms with Crippen molar-refractivity contribution in [1.82, 2.24) is 15.2 Å². The number of methoxy groups -OCH3 is 1. The number of thioether (sulfide) groups is 1. The Bertz CT molecular complexity index is 1440. The van der Waals surface area contributed by atoms with Crippen LogP contribution >= 0.6 is 23.4 Å². The highest BCUT2D eigenvalue weighted by molar-refractivity contribution is 8.04. The van der Waals surface area contributed by atoms with Crippen LogP contribution in [0, 0.1) is 12.3 Å². The molecule has 0 saturated carbocycles. The molecule has 0 fully saturated rings. The normalized spacial score (nSPS) is 11.3. The number of rotatable bonds is 8. The van der Waals surface area contributed by atoms with Crippen molar-refractivity contribution in [3.05, 3.63) is 70.1 Å². The number of terminal acetylenes is 1. The van der Waals surface area contributed by atoms with Crippen LogP contribution in [0.4, 0.5) is 0 Å². The van der Waals surface area contributed by atoms with Crippen molar-refractivity contribution in [3.8, 4) is 35.2 Å². The van der Waals surface area contributed by atoms with Crippen LogP contribution in [0.1, 0.15) is 5.56 Å². The number of hydrogen-bond acceptors (Lipinski definition) is 6. The van der Waals surface area contributed by atoms with Crippen molar-refractivity contribution in [2.24, 2.45) is 0 Å². The fourth-order valence-electron chi connectivity index (χ4n) is 3.31. The van der Waals surface area contributed by atoms with Gasteiger partial charge in [0, 0.05) is 10.6 Å². The smallest absolute Gasteiger partial charge is 0.342 e. The van der Waals surface area contributed by atoms with Gasteiger partial charge in [-0.3, -0.25) is 5.10 Å². The van der Waals surface area contributed by atoms with Crippen LogP contribution in [0.2, 0.25) is 5.02 Å². The number of benzene rings is 3. The summed E-state index contributed by atoms with van der Waals surface area (Å²) in [5, 5.41) is 19.4. The van der Waals surface area contributed by atoms with Crippen molar-refractivity contribution in [2.75, 3.05) is 13.7 Å². The molecule has 0 aliphatic carbocycles. The van der Waals surface area contributed by atoms with E-state index in [9.17, 15) is 9.90 Å². The first-order valence-electron chi connectivity index (χ1n) is 9.97. The van der Waals surface area contributed by atoms with E-state index in [1.807, 2.05) is 30.3 Å². The number of H-pyrrole nitrogens is 1. The number of hydrogen-bond donors (Lipinski definition) is 2. The first kappa shape index (κ1) is 23.2. The highest BCUT2D eigenvalue weighted by Crippen LogP contribution is 2.35. The number of halogens is 1. The topological polar surface area (TPSA) is 97.3 Å². The zero-order chi connectivity index (χ0) is 24.1. The summed E-state index contributed by atoms with van der Waals surface area (Å²) in [5.41, 5.74) is 1.21. The molecule has 4 aromatic rings. The minimum Gasteiger partial charge on any atom is -0.496 e. The maximum absolute atomic E-state index is 12.1. The van der Waals surface area contributed by atoms with E-state index in [0.29, 0.717) is 33.5 Å². The van der Waals surface area contributed by atoms with Gasteiger partial charge < -0.3 is 14.6 Å². The molecule has 2 N–H and O–H groups in total. The molecule has 0 aliphatic rings. The van der Waals surface area contributed by atoms with Gasteiger partial charge in [-0.2, -0.15) is 0 Å². The van der Waals surface area contributed by atoms with Crippen molar-refractivity contribution in [2.45, 2.75) is 5.16 Å². The first-order valence-corrected chi connectivity index (χ1v) is 11.2. The number of carbonyl (C=O) groups is 1. The molecule has 1 heterocycles. The molecule has 0 atom stereocenters. The number of carboxylic acids is 1. The Morgan fingerprint density at radius 3 is 2.79 bits per heavy atom. The van der Waals surface area contributed by atoms with Crippen LogP contribution in [-0.2, 0) is 4.79 Å². The Labute approximate surface area is 204 Å². The third kappa shape index (κ3) is 5.01. The lowest BCUT2D eigenvalue weighted by atomic mass is 10.0. The van der Waals surface area contributed by atoms with E-state index in [1.165, 1.54) is 13.2 Å². The fourth-order valence-corrected chi connectivity index (χ4v) is 4.17. The molecule has 3 aromatic carbocycles. The molecule has 9 heteroatoms. The fraction of sp³-hybridized carbons (Fsp3) is 0.0800. The molecule has 0 bridgehead atoms. The molecule has 34 heavy (non-hydrogen) atoms. The monoisotopic (exact) mass is 491 g/mol. The van der Waals surface area contributed by atoms with Crippen LogP contribution < -0.4 is 9.47 Å². The maximum atomic E-state index is 12.1. The molecular formula is C25H18ClN3O4S. The molecule has 170 valence electrons. The number of aromatic nitrogens is 3. The van der Waals surface area contributed by atoms with E-state index in [-0.39, 0.29) is 16.7 Å². The molecule has 1 aromatic heterocycles. The Hall–Kier alpha value is -3.93. The predicted molar refractivity (Wildman–Crippen MR) is 133 cm³/mol. The van der Waals surface area contributed by atoms with Gasteiger partial charge in [-0.15, -0.1) is 11.5 Å². The van der Waals surface area contributed by atoms with Gasteiger partial charge >= 0.3 is 5.97 Å². The molecule has 0 unspecified atom stereocenters. The first-order chi connectivity index (χ1) is 16.5. The van der Waals surface area contributed by atoms with E-state index in [1.54, 1.807) is 24.3 Å². The second-order valence-corrected chi connectivity index (χ2v) is 8.36. The number of fused-ring (bicyclic) bond motifs is 1. The minimum absolute atomic E-state index is 0.00511. The van der Waals surface area contributed by atoms with E-state index in [4.69, 9.17) is 27.5 Å². The molecule has 0 amide bonds. The Morgan fingerprint density at radius 1 is 1.24 bits per heavy atom.